The molecule has 1 aromatic heterocycles. The third-order valence-electron chi connectivity index (χ3n) is 1.75. The molecule has 1 aromatic rings. The molecule has 0 aliphatic carbocycles. The summed E-state index contributed by atoms with van der Waals surface area (Å²) in [6.45, 7) is 2.07. The monoisotopic (exact) mass is 181 g/mol. The van der Waals surface area contributed by atoms with Gasteiger partial charge in [-0.1, -0.05) is 13.3 Å². The Bertz CT molecular complexity index is 280. The minimum atomic E-state index is 0.0647. The molecule has 72 valence electrons. The van der Waals surface area contributed by atoms with Crippen molar-refractivity contribution in [3.63, 3.8) is 0 Å². The first-order chi connectivity index (χ1) is 6.22. The fourth-order valence-electron chi connectivity index (χ4n) is 1.05. The number of carbonyl (C=O) groups is 1. The van der Waals surface area contributed by atoms with Crippen LogP contribution in [0.3, 0.4) is 0 Å². The average Bonchev–Trinajstić information content (AvgIpc) is 2.48. The van der Waals surface area contributed by atoms with Crippen LogP contribution in [0, 0.1) is 0 Å². The van der Waals surface area contributed by atoms with Crippen LogP contribution in [-0.2, 0) is 11.8 Å². The lowest BCUT2D eigenvalue weighted by Crippen LogP contribution is -2.10. The van der Waals surface area contributed by atoms with Crippen LogP contribution in [0.15, 0.2) is 12.4 Å². The molecule has 0 spiro atoms. The van der Waals surface area contributed by atoms with Crippen LogP contribution >= 0.6 is 0 Å². The molecule has 0 atom stereocenters. The Kier molecular flexibility index (Phi) is 3.49. The SMILES string of the molecule is CCCCC(=O)Nc1cnn(C)c1. The number of amides is 1. The van der Waals surface area contributed by atoms with Gasteiger partial charge in [-0.2, -0.15) is 5.10 Å². The van der Waals surface area contributed by atoms with Crippen LogP contribution in [0.2, 0.25) is 0 Å². The third-order valence-corrected chi connectivity index (χ3v) is 1.75. The number of nitrogens with zero attached hydrogens (tertiary/aromatic N) is 2. The number of aryl methyl sites for hydroxylation is 1. The number of hydrogen-bond acceptors (Lipinski definition) is 2. The summed E-state index contributed by atoms with van der Waals surface area (Å²) in [5.74, 6) is 0.0647. The van der Waals surface area contributed by atoms with Crippen molar-refractivity contribution >= 4 is 11.6 Å². The number of nitrogens with one attached hydrogen (secondary N) is 1. The maximum absolute atomic E-state index is 11.2. The van der Waals surface area contributed by atoms with Gasteiger partial charge in [-0.25, -0.2) is 0 Å². The fraction of sp³-hybridized carbons (Fsp3) is 0.556. The van der Waals surface area contributed by atoms with Gasteiger partial charge in [0.2, 0.25) is 5.91 Å². The molecule has 0 radical (unpaired) electrons. The molecule has 0 bridgehead atoms. The molecule has 13 heavy (non-hydrogen) atoms. The van der Waals surface area contributed by atoms with Gasteiger partial charge in [0.15, 0.2) is 0 Å². The van der Waals surface area contributed by atoms with Crippen LogP contribution in [0.25, 0.3) is 0 Å². The zero-order chi connectivity index (χ0) is 9.68. The Labute approximate surface area is 77.9 Å². The van der Waals surface area contributed by atoms with E-state index in [0.29, 0.717) is 6.42 Å². The molecule has 0 saturated heterocycles. The fourth-order valence-corrected chi connectivity index (χ4v) is 1.05. The van der Waals surface area contributed by atoms with Crippen LogP contribution in [-0.4, -0.2) is 15.7 Å². The summed E-state index contributed by atoms with van der Waals surface area (Å²) in [6, 6.07) is 0. The van der Waals surface area contributed by atoms with Gasteiger partial charge in [-0.15, -0.1) is 0 Å². The highest BCUT2D eigenvalue weighted by Crippen LogP contribution is 2.05. The summed E-state index contributed by atoms with van der Waals surface area (Å²) in [7, 11) is 1.82. The molecule has 0 aliphatic heterocycles. The van der Waals surface area contributed by atoms with E-state index in [2.05, 4.69) is 17.3 Å². The highest BCUT2D eigenvalue weighted by Gasteiger charge is 2.01. The van der Waals surface area contributed by atoms with Crippen molar-refractivity contribution in [3.05, 3.63) is 12.4 Å². The quantitative estimate of drug-likeness (QED) is 0.766. The van der Waals surface area contributed by atoms with E-state index < -0.39 is 0 Å². The van der Waals surface area contributed by atoms with Crippen LogP contribution in [0.5, 0.6) is 0 Å². The van der Waals surface area contributed by atoms with Gasteiger partial charge in [-0.3, -0.25) is 9.48 Å². The molecule has 4 nitrogen and oxygen atoms in total. The van der Waals surface area contributed by atoms with Crippen molar-refractivity contribution in [1.29, 1.82) is 0 Å². The van der Waals surface area contributed by atoms with Crippen molar-refractivity contribution in [2.75, 3.05) is 5.32 Å². The predicted molar refractivity (Wildman–Crippen MR) is 51.4 cm³/mol. The van der Waals surface area contributed by atoms with Gasteiger partial charge >= 0.3 is 0 Å². The Hall–Kier alpha value is -1.32. The van der Waals surface area contributed by atoms with Gasteiger partial charge < -0.3 is 5.32 Å². The van der Waals surface area contributed by atoms with Crippen molar-refractivity contribution in [1.82, 2.24) is 9.78 Å². The standard InChI is InChI=1S/C9H15N3O/c1-3-4-5-9(13)11-8-6-10-12(2)7-8/h6-7H,3-5H2,1-2H3,(H,11,13). The zero-order valence-corrected chi connectivity index (χ0v) is 8.08. The van der Waals surface area contributed by atoms with E-state index in [1.165, 1.54) is 0 Å². The first-order valence-corrected chi connectivity index (χ1v) is 4.51. The van der Waals surface area contributed by atoms with Crippen LogP contribution in [0.4, 0.5) is 5.69 Å². The number of unbranched alkanes of at least 4 members (excludes halogenated alkanes) is 1. The summed E-state index contributed by atoms with van der Waals surface area (Å²) in [5.41, 5.74) is 0.767. The molecule has 4 heteroatoms. The van der Waals surface area contributed by atoms with Crippen LogP contribution < -0.4 is 5.32 Å². The number of rotatable bonds is 4. The number of anilines is 1. The molecular formula is C9H15N3O. The van der Waals surface area contributed by atoms with E-state index in [4.69, 9.17) is 0 Å². The van der Waals surface area contributed by atoms with E-state index in [1.807, 2.05) is 7.05 Å². The Balaban J connectivity index is 2.36. The molecule has 1 rings (SSSR count). The predicted octanol–water partition coefficient (Wildman–Crippen LogP) is 1.55. The lowest BCUT2D eigenvalue weighted by molar-refractivity contribution is -0.116. The summed E-state index contributed by atoms with van der Waals surface area (Å²) in [4.78, 5) is 11.2. The van der Waals surface area contributed by atoms with Crippen molar-refractivity contribution < 1.29 is 4.79 Å². The van der Waals surface area contributed by atoms with E-state index >= 15 is 0 Å². The van der Waals surface area contributed by atoms with E-state index in [0.717, 1.165) is 18.5 Å². The van der Waals surface area contributed by atoms with Gasteiger partial charge in [0.25, 0.3) is 0 Å². The second-order valence-electron chi connectivity index (χ2n) is 3.05. The van der Waals surface area contributed by atoms with Gasteiger partial charge in [-0.05, 0) is 6.42 Å². The lowest BCUT2D eigenvalue weighted by atomic mass is 10.2. The summed E-state index contributed by atoms with van der Waals surface area (Å²) in [5, 5.41) is 6.73. The van der Waals surface area contributed by atoms with Gasteiger partial charge in [0, 0.05) is 19.7 Å². The summed E-state index contributed by atoms with van der Waals surface area (Å²) in [6.07, 6.45) is 5.99. The van der Waals surface area contributed by atoms with E-state index in [-0.39, 0.29) is 5.91 Å². The molecule has 1 N–H and O–H groups in total. The number of hydrogen-bond donors (Lipinski definition) is 1. The van der Waals surface area contributed by atoms with Crippen molar-refractivity contribution in [2.24, 2.45) is 7.05 Å². The highest BCUT2D eigenvalue weighted by atomic mass is 16.1. The second kappa shape index (κ2) is 4.64. The first kappa shape index (κ1) is 9.77. The molecule has 0 fully saturated rings. The summed E-state index contributed by atoms with van der Waals surface area (Å²) < 4.78 is 1.66. The Morgan fingerprint density at radius 2 is 2.46 bits per heavy atom. The lowest BCUT2D eigenvalue weighted by Gasteiger charge is -1.99. The maximum atomic E-state index is 11.2. The Morgan fingerprint density at radius 3 is 3.00 bits per heavy atom. The molecule has 1 heterocycles. The Morgan fingerprint density at radius 1 is 1.69 bits per heavy atom. The van der Waals surface area contributed by atoms with Crippen molar-refractivity contribution in [3.8, 4) is 0 Å². The zero-order valence-electron chi connectivity index (χ0n) is 8.08. The minimum Gasteiger partial charge on any atom is -0.323 e. The summed E-state index contributed by atoms with van der Waals surface area (Å²) >= 11 is 0. The third kappa shape index (κ3) is 3.27. The van der Waals surface area contributed by atoms with E-state index in [1.54, 1.807) is 17.1 Å². The highest BCUT2D eigenvalue weighted by molar-refractivity contribution is 5.90. The van der Waals surface area contributed by atoms with Crippen LogP contribution in [0.1, 0.15) is 26.2 Å². The molecule has 1 amide bonds. The average molecular weight is 181 g/mol. The van der Waals surface area contributed by atoms with Gasteiger partial charge in [0.05, 0.1) is 11.9 Å². The first-order valence-electron chi connectivity index (χ1n) is 4.51. The topological polar surface area (TPSA) is 46.9 Å². The second-order valence-corrected chi connectivity index (χ2v) is 3.05. The largest absolute Gasteiger partial charge is 0.323 e. The number of aromatic nitrogens is 2. The molecule has 0 saturated carbocycles. The molecular weight excluding hydrogens is 166 g/mol. The molecule has 0 unspecified atom stereocenters. The molecule has 0 aliphatic rings. The smallest absolute Gasteiger partial charge is 0.224 e. The molecule has 0 aromatic carbocycles. The van der Waals surface area contributed by atoms with Crippen molar-refractivity contribution in [2.45, 2.75) is 26.2 Å². The minimum absolute atomic E-state index is 0.0647. The normalized spacial score (nSPS) is 10.0. The number of carbonyl (C=O) groups excluding carboxylic acids is 1. The maximum Gasteiger partial charge on any atom is 0.224 e. The van der Waals surface area contributed by atoms with Gasteiger partial charge in [0.1, 0.15) is 0 Å². The van der Waals surface area contributed by atoms with E-state index in [9.17, 15) is 4.79 Å².